The molecular formula is C11H16N4O3. The molecule has 4 N–H and O–H groups in total. The standard InChI is InChI=1S/C11H16N4O3/c16-8-5-1-2-6(8)4-7(3-5)12-10(17)9-13-11(18)15-14-9/h5-8,16H,1-4H2,(H,12,17)(H2,13,14,15,18)/t5-,6+,7?,8?. The maximum atomic E-state index is 11.8. The second kappa shape index (κ2) is 4.24. The highest BCUT2D eigenvalue weighted by atomic mass is 16.3. The van der Waals surface area contributed by atoms with E-state index >= 15 is 0 Å². The molecule has 1 heterocycles. The zero-order chi connectivity index (χ0) is 12.7. The van der Waals surface area contributed by atoms with E-state index < -0.39 is 5.69 Å². The number of H-pyrrole nitrogens is 2. The number of aromatic amines is 2. The molecule has 0 radical (unpaired) electrons. The van der Waals surface area contributed by atoms with E-state index in [9.17, 15) is 14.7 Å². The van der Waals surface area contributed by atoms with E-state index in [1.54, 1.807) is 0 Å². The third kappa shape index (κ3) is 1.94. The summed E-state index contributed by atoms with van der Waals surface area (Å²) in [7, 11) is 0. The predicted molar refractivity (Wildman–Crippen MR) is 61.9 cm³/mol. The first-order valence-corrected chi connectivity index (χ1v) is 6.27. The molecule has 2 saturated carbocycles. The first-order valence-electron chi connectivity index (χ1n) is 6.27. The minimum Gasteiger partial charge on any atom is -0.393 e. The Hall–Kier alpha value is -1.63. The summed E-state index contributed by atoms with van der Waals surface area (Å²) < 4.78 is 0. The van der Waals surface area contributed by atoms with Crippen LogP contribution in [-0.4, -0.2) is 38.3 Å². The third-order valence-electron chi connectivity index (χ3n) is 4.10. The summed E-state index contributed by atoms with van der Waals surface area (Å²) in [6, 6.07) is 0.0682. The summed E-state index contributed by atoms with van der Waals surface area (Å²) in [5.74, 6) is 0.243. The molecule has 2 aliphatic carbocycles. The molecule has 18 heavy (non-hydrogen) atoms. The summed E-state index contributed by atoms with van der Waals surface area (Å²) >= 11 is 0. The van der Waals surface area contributed by atoms with Crippen LogP contribution in [0.1, 0.15) is 36.3 Å². The van der Waals surface area contributed by atoms with Gasteiger partial charge in [0.2, 0.25) is 5.82 Å². The molecule has 0 saturated heterocycles. The normalized spacial score (nSPS) is 34.5. The molecule has 1 amide bonds. The number of aromatic nitrogens is 3. The maximum absolute atomic E-state index is 11.8. The molecule has 1 aromatic rings. The molecule has 98 valence electrons. The topological polar surface area (TPSA) is 111 Å². The van der Waals surface area contributed by atoms with Crippen LogP contribution in [0.15, 0.2) is 4.79 Å². The molecule has 0 spiro atoms. The van der Waals surface area contributed by atoms with Crippen molar-refractivity contribution in [1.29, 1.82) is 0 Å². The molecule has 0 aliphatic heterocycles. The Bertz CT molecular complexity index is 494. The average molecular weight is 252 g/mol. The van der Waals surface area contributed by atoms with Crippen LogP contribution in [0.2, 0.25) is 0 Å². The lowest BCUT2D eigenvalue weighted by Gasteiger charge is -2.32. The van der Waals surface area contributed by atoms with Crippen LogP contribution in [-0.2, 0) is 0 Å². The smallest absolute Gasteiger partial charge is 0.341 e. The summed E-state index contributed by atoms with van der Waals surface area (Å²) in [6.45, 7) is 0. The Morgan fingerprint density at radius 1 is 1.33 bits per heavy atom. The molecule has 2 bridgehead atoms. The van der Waals surface area contributed by atoms with Crippen molar-refractivity contribution in [3.8, 4) is 0 Å². The van der Waals surface area contributed by atoms with Crippen molar-refractivity contribution in [3.63, 3.8) is 0 Å². The van der Waals surface area contributed by atoms with Crippen LogP contribution < -0.4 is 11.0 Å². The van der Waals surface area contributed by atoms with Gasteiger partial charge in [0.15, 0.2) is 0 Å². The third-order valence-corrected chi connectivity index (χ3v) is 4.10. The number of hydrogen-bond donors (Lipinski definition) is 4. The fourth-order valence-corrected chi connectivity index (χ4v) is 3.25. The van der Waals surface area contributed by atoms with Gasteiger partial charge in [-0.25, -0.2) is 9.89 Å². The first-order chi connectivity index (χ1) is 8.63. The zero-order valence-corrected chi connectivity index (χ0v) is 9.85. The van der Waals surface area contributed by atoms with Gasteiger partial charge < -0.3 is 10.4 Å². The first kappa shape index (κ1) is 11.5. The van der Waals surface area contributed by atoms with E-state index in [1.807, 2.05) is 0 Å². The molecular weight excluding hydrogens is 236 g/mol. The Morgan fingerprint density at radius 2 is 2.00 bits per heavy atom. The molecule has 7 nitrogen and oxygen atoms in total. The van der Waals surface area contributed by atoms with Crippen molar-refractivity contribution in [2.24, 2.45) is 11.8 Å². The molecule has 4 atom stereocenters. The number of fused-ring (bicyclic) bond motifs is 2. The number of carbonyl (C=O) groups is 1. The van der Waals surface area contributed by atoms with Gasteiger partial charge in [-0.05, 0) is 37.5 Å². The molecule has 1 aromatic heterocycles. The number of rotatable bonds is 2. The number of carbonyl (C=O) groups excluding carboxylic acids is 1. The lowest BCUT2D eigenvalue weighted by atomic mass is 9.83. The van der Waals surface area contributed by atoms with Gasteiger partial charge in [-0.2, -0.15) is 0 Å². The zero-order valence-electron chi connectivity index (χ0n) is 9.85. The maximum Gasteiger partial charge on any atom is 0.341 e. The SMILES string of the molecule is O=C(NC1C[C@H]2CC[C@@H](C1)C2O)c1n[nH]c(=O)[nH]1. The molecule has 2 fully saturated rings. The second-order valence-electron chi connectivity index (χ2n) is 5.26. The van der Waals surface area contributed by atoms with E-state index in [-0.39, 0.29) is 23.9 Å². The summed E-state index contributed by atoms with van der Waals surface area (Å²) in [4.78, 5) is 25.0. The summed E-state index contributed by atoms with van der Waals surface area (Å²) in [5, 5.41) is 18.5. The van der Waals surface area contributed by atoms with Crippen LogP contribution in [0, 0.1) is 11.8 Å². The lowest BCUT2D eigenvalue weighted by molar-refractivity contribution is 0.0451. The second-order valence-corrected chi connectivity index (χ2v) is 5.26. The highest BCUT2D eigenvalue weighted by Gasteiger charge is 2.42. The average Bonchev–Trinajstić information content (AvgIpc) is 2.82. The molecule has 2 aliphatic rings. The van der Waals surface area contributed by atoms with Gasteiger partial charge in [0, 0.05) is 6.04 Å². The van der Waals surface area contributed by atoms with Crippen LogP contribution >= 0.6 is 0 Å². The van der Waals surface area contributed by atoms with Gasteiger partial charge >= 0.3 is 5.69 Å². The number of hydrogen-bond acceptors (Lipinski definition) is 4. The van der Waals surface area contributed by atoms with Crippen molar-refractivity contribution in [3.05, 3.63) is 16.3 Å². The Kier molecular flexibility index (Phi) is 2.70. The van der Waals surface area contributed by atoms with Gasteiger partial charge in [-0.15, -0.1) is 5.10 Å². The fourth-order valence-electron chi connectivity index (χ4n) is 3.25. The molecule has 0 aromatic carbocycles. The van der Waals surface area contributed by atoms with Crippen molar-refractivity contribution in [1.82, 2.24) is 20.5 Å². The number of nitrogens with zero attached hydrogens (tertiary/aromatic N) is 1. The number of aliphatic hydroxyl groups excluding tert-OH is 1. The largest absolute Gasteiger partial charge is 0.393 e. The fraction of sp³-hybridized carbons (Fsp3) is 0.727. The van der Waals surface area contributed by atoms with E-state index in [4.69, 9.17) is 0 Å². The highest BCUT2D eigenvalue weighted by molar-refractivity contribution is 5.90. The summed E-state index contributed by atoms with van der Waals surface area (Å²) in [6.07, 6.45) is 3.48. The van der Waals surface area contributed by atoms with Gasteiger partial charge in [0.25, 0.3) is 5.91 Å². The highest BCUT2D eigenvalue weighted by Crippen LogP contribution is 2.42. The van der Waals surface area contributed by atoms with E-state index in [0.29, 0.717) is 11.8 Å². The Balaban J connectivity index is 1.64. The van der Waals surface area contributed by atoms with Gasteiger partial charge in [-0.1, -0.05) is 0 Å². The van der Waals surface area contributed by atoms with Crippen molar-refractivity contribution >= 4 is 5.91 Å². The number of nitrogens with one attached hydrogen (secondary N) is 3. The van der Waals surface area contributed by atoms with E-state index in [1.165, 1.54) is 0 Å². The van der Waals surface area contributed by atoms with Gasteiger partial charge in [-0.3, -0.25) is 9.78 Å². The number of aliphatic hydroxyl groups is 1. The minimum atomic E-state index is -0.487. The van der Waals surface area contributed by atoms with Gasteiger partial charge in [0.1, 0.15) is 0 Å². The number of amides is 1. The van der Waals surface area contributed by atoms with E-state index in [2.05, 4.69) is 20.5 Å². The summed E-state index contributed by atoms with van der Waals surface area (Å²) in [5.41, 5.74) is -0.487. The molecule has 7 heteroatoms. The van der Waals surface area contributed by atoms with Crippen LogP contribution in [0.3, 0.4) is 0 Å². The van der Waals surface area contributed by atoms with Crippen molar-refractivity contribution in [2.45, 2.75) is 37.8 Å². The molecule has 2 unspecified atom stereocenters. The quantitative estimate of drug-likeness (QED) is 0.562. The van der Waals surface area contributed by atoms with Crippen LogP contribution in [0.5, 0.6) is 0 Å². The van der Waals surface area contributed by atoms with Crippen LogP contribution in [0.25, 0.3) is 0 Å². The predicted octanol–water partition coefficient (Wildman–Crippen LogP) is -0.623. The van der Waals surface area contributed by atoms with Crippen LogP contribution in [0.4, 0.5) is 0 Å². The Labute approximate surface area is 103 Å². The van der Waals surface area contributed by atoms with Crippen molar-refractivity contribution < 1.29 is 9.90 Å². The van der Waals surface area contributed by atoms with Gasteiger partial charge in [0.05, 0.1) is 6.10 Å². The minimum absolute atomic E-state index is 0.0125. The van der Waals surface area contributed by atoms with Crippen molar-refractivity contribution in [2.75, 3.05) is 0 Å². The molecule has 3 rings (SSSR count). The monoisotopic (exact) mass is 252 g/mol. The Morgan fingerprint density at radius 3 is 2.56 bits per heavy atom. The lowest BCUT2D eigenvalue weighted by Crippen LogP contribution is -2.43. The van der Waals surface area contributed by atoms with E-state index in [0.717, 1.165) is 25.7 Å².